The van der Waals surface area contributed by atoms with Crippen molar-refractivity contribution in [1.29, 1.82) is 0 Å². The lowest BCUT2D eigenvalue weighted by Gasteiger charge is -2.24. The molecule has 0 radical (unpaired) electrons. The molecule has 0 spiro atoms. The van der Waals surface area contributed by atoms with Gasteiger partial charge in [0.2, 0.25) is 0 Å². The SMILES string of the molecule is Cc1c(C)c(C)c([C@H](N)CC(C)C)c(C)c1C. The monoisotopic (exact) mass is 233 g/mol. The molecule has 1 aromatic rings. The van der Waals surface area contributed by atoms with Gasteiger partial charge in [0.15, 0.2) is 0 Å². The van der Waals surface area contributed by atoms with Crippen molar-refractivity contribution in [3.05, 3.63) is 33.4 Å². The fraction of sp³-hybridized carbons (Fsp3) is 0.625. The van der Waals surface area contributed by atoms with E-state index >= 15 is 0 Å². The first-order chi connectivity index (χ1) is 7.77. The van der Waals surface area contributed by atoms with Crippen LogP contribution in [0.3, 0.4) is 0 Å². The highest BCUT2D eigenvalue weighted by Crippen LogP contribution is 2.31. The summed E-state index contributed by atoms with van der Waals surface area (Å²) in [6.07, 6.45) is 1.06. The maximum atomic E-state index is 6.39. The molecule has 1 atom stereocenters. The van der Waals surface area contributed by atoms with E-state index in [9.17, 15) is 0 Å². The number of hydrogen-bond donors (Lipinski definition) is 1. The number of rotatable bonds is 3. The maximum absolute atomic E-state index is 6.39. The normalized spacial score (nSPS) is 13.2. The van der Waals surface area contributed by atoms with Crippen LogP contribution in [0.1, 0.15) is 59.7 Å². The lowest BCUT2D eigenvalue weighted by atomic mass is 9.84. The summed E-state index contributed by atoms with van der Waals surface area (Å²) in [5, 5.41) is 0. The molecular formula is C16H27N. The molecular weight excluding hydrogens is 206 g/mol. The Morgan fingerprint density at radius 1 is 0.765 bits per heavy atom. The van der Waals surface area contributed by atoms with E-state index in [0.29, 0.717) is 5.92 Å². The summed E-state index contributed by atoms with van der Waals surface area (Å²) in [4.78, 5) is 0. The summed E-state index contributed by atoms with van der Waals surface area (Å²) in [7, 11) is 0. The molecule has 0 saturated heterocycles. The largest absolute Gasteiger partial charge is 0.324 e. The molecule has 0 aliphatic rings. The van der Waals surface area contributed by atoms with Crippen LogP contribution in [-0.2, 0) is 0 Å². The average Bonchev–Trinajstić information content (AvgIpc) is 2.23. The van der Waals surface area contributed by atoms with Crippen molar-refractivity contribution in [1.82, 2.24) is 0 Å². The molecule has 0 bridgehead atoms. The fourth-order valence-corrected chi connectivity index (χ4v) is 2.71. The summed E-state index contributed by atoms with van der Waals surface area (Å²) in [5.41, 5.74) is 14.8. The van der Waals surface area contributed by atoms with Crippen LogP contribution in [0.5, 0.6) is 0 Å². The Morgan fingerprint density at radius 3 is 1.47 bits per heavy atom. The van der Waals surface area contributed by atoms with Crippen LogP contribution in [0, 0.1) is 40.5 Å². The third kappa shape index (κ3) is 2.71. The van der Waals surface area contributed by atoms with E-state index in [-0.39, 0.29) is 6.04 Å². The van der Waals surface area contributed by atoms with Crippen LogP contribution in [-0.4, -0.2) is 0 Å². The molecule has 2 N–H and O–H groups in total. The van der Waals surface area contributed by atoms with Crippen molar-refractivity contribution < 1.29 is 0 Å². The molecule has 0 saturated carbocycles. The van der Waals surface area contributed by atoms with Crippen molar-refractivity contribution in [2.24, 2.45) is 11.7 Å². The Hall–Kier alpha value is -0.820. The van der Waals surface area contributed by atoms with Gasteiger partial charge in [0.05, 0.1) is 0 Å². The van der Waals surface area contributed by atoms with E-state index in [2.05, 4.69) is 48.5 Å². The predicted molar refractivity (Wildman–Crippen MR) is 76.5 cm³/mol. The van der Waals surface area contributed by atoms with Crippen LogP contribution in [0.15, 0.2) is 0 Å². The van der Waals surface area contributed by atoms with E-state index in [1.54, 1.807) is 0 Å². The predicted octanol–water partition coefficient (Wildman–Crippen LogP) is 4.27. The molecule has 96 valence electrons. The number of hydrogen-bond acceptors (Lipinski definition) is 1. The van der Waals surface area contributed by atoms with Gasteiger partial charge < -0.3 is 5.73 Å². The Labute approximate surface area is 106 Å². The van der Waals surface area contributed by atoms with Crippen molar-refractivity contribution in [2.75, 3.05) is 0 Å². The third-order valence-corrected chi connectivity index (χ3v) is 4.15. The van der Waals surface area contributed by atoms with Crippen molar-refractivity contribution in [2.45, 2.75) is 60.9 Å². The first kappa shape index (κ1) is 14.2. The Bertz CT molecular complexity index is 387. The van der Waals surface area contributed by atoms with Gasteiger partial charge >= 0.3 is 0 Å². The highest BCUT2D eigenvalue weighted by molar-refractivity contribution is 5.50. The standard InChI is InChI=1S/C16H27N/c1-9(2)8-15(17)16-13(6)11(4)10(3)12(5)14(16)7/h9,15H,8,17H2,1-7H3/t15-/m1/s1. The van der Waals surface area contributed by atoms with Gasteiger partial charge in [0.1, 0.15) is 0 Å². The van der Waals surface area contributed by atoms with Crippen molar-refractivity contribution in [3.8, 4) is 0 Å². The van der Waals surface area contributed by atoms with Crippen molar-refractivity contribution in [3.63, 3.8) is 0 Å². The third-order valence-electron chi connectivity index (χ3n) is 4.15. The molecule has 0 aromatic heterocycles. The maximum Gasteiger partial charge on any atom is 0.0302 e. The molecule has 1 rings (SSSR count). The highest BCUT2D eigenvalue weighted by Gasteiger charge is 2.18. The second kappa shape index (κ2) is 5.22. The zero-order chi connectivity index (χ0) is 13.3. The minimum absolute atomic E-state index is 0.174. The molecule has 17 heavy (non-hydrogen) atoms. The van der Waals surface area contributed by atoms with E-state index in [4.69, 9.17) is 5.73 Å². The van der Waals surface area contributed by atoms with E-state index < -0.39 is 0 Å². The average molecular weight is 233 g/mol. The van der Waals surface area contributed by atoms with E-state index in [1.807, 2.05) is 0 Å². The molecule has 0 aliphatic heterocycles. The van der Waals surface area contributed by atoms with Gasteiger partial charge in [0.25, 0.3) is 0 Å². The topological polar surface area (TPSA) is 26.0 Å². The molecule has 0 amide bonds. The van der Waals surface area contributed by atoms with Crippen LogP contribution >= 0.6 is 0 Å². The lowest BCUT2D eigenvalue weighted by molar-refractivity contribution is 0.506. The fourth-order valence-electron chi connectivity index (χ4n) is 2.71. The van der Waals surface area contributed by atoms with Crippen molar-refractivity contribution >= 4 is 0 Å². The first-order valence-corrected chi connectivity index (χ1v) is 6.59. The quantitative estimate of drug-likeness (QED) is 0.828. The molecule has 1 nitrogen and oxygen atoms in total. The Morgan fingerprint density at radius 2 is 1.12 bits per heavy atom. The number of nitrogens with two attached hydrogens (primary N) is 1. The summed E-state index contributed by atoms with van der Waals surface area (Å²) in [6, 6.07) is 0.174. The van der Waals surface area contributed by atoms with Crippen LogP contribution in [0.4, 0.5) is 0 Å². The minimum atomic E-state index is 0.174. The van der Waals surface area contributed by atoms with Gasteiger partial charge in [-0.2, -0.15) is 0 Å². The van der Waals surface area contributed by atoms with E-state index in [0.717, 1.165) is 6.42 Å². The van der Waals surface area contributed by atoms with Gasteiger partial charge in [-0.1, -0.05) is 13.8 Å². The summed E-state index contributed by atoms with van der Waals surface area (Å²) < 4.78 is 0. The van der Waals surface area contributed by atoms with Gasteiger partial charge in [-0.05, 0) is 80.3 Å². The highest BCUT2D eigenvalue weighted by atomic mass is 14.6. The second-order valence-corrected chi connectivity index (χ2v) is 5.77. The molecule has 1 aromatic carbocycles. The molecule has 0 fully saturated rings. The molecule has 0 unspecified atom stereocenters. The van der Waals surface area contributed by atoms with Gasteiger partial charge in [-0.3, -0.25) is 0 Å². The van der Waals surface area contributed by atoms with Gasteiger partial charge in [0, 0.05) is 6.04 Å². The lowest BCUT2D eigenvalue weighted by Crippen LogP contribution is -2.17. The van der Waals surface area contributed by atoms with E-state index in [1.165, 1.54) is 33.4 Å². The molecule has 0 aliphatic carbocycles. The minimum Gasteiger partial charge on any atom is -0.324 e. The van der Waals surface area contributed by atoms with Gasteiger partial charge in [-0.15, -0.1) is 0 Å². The molecule has 1 heteroatoms. The van der Waals surface area contributed by atoms with Crippen LogP contribution in [0.25, 0.3) is 0 Å². The van der Waals surface area contributed by atoms with Crippen LogP contribution in [0.2, 0.25) is 0 Å². The Balaban J connectivity index is 3.33. The zero-order valence-electron chi connectivity index (χ0n) is 12.4. The summed E-state index contributed by atoms with van der Waals surface area (Å²) in [6.45, 7) is 15.5. The first-order valence-electron chi connectivity index (χ1n) is 6.59. The van der Waals surface area contributed by atoms with Gasteiger partial charge in [-0.25, -0.2) is 0 Å². The second-order valence-electron chi connectivity index (χ2n) is 5.77. The van der Waals surface area contributed by atoms with Crippen LogP contribution < -0.4 is 5.73 Å². The smallest absolute Gasteiger partial charge is 0.0302 e. The molecule has 0 heterocycles. The summed E-state index contributed by atoms with van der Waals surface area (Å²) >= 11 is 0. The number of benzene rings is 1. The summed E-state index contributed by atoms with van der Waals surface area (Å²) in [5.74, 6) is 0.644. The zero-order valence-corrected chi connectivity index (χ0v) is 12.4. The Kier molecular flexibility index (Phi) is 4.37.